The fourth-order valence-electron chi connectivity index (χ4n) is 1.71. The second-order valence-electron chi connectivity index (χ2n) is 3.98. The SMILES string of the molecule is CN(C)[C@H](C(=O)N1CCNCC1)C(F)(F)F. The van der Waals surface area contributed by atoms with Crippen molar-refractivity contribution in [2.75, 3.05) is 40.3 Å². The van der Waals surface area contributed by atoms with Crippen LogP contribution >= 0.6 is 0 Å². The second-order valence-corrected chi connectivity index (χ2v) is 3.98. The van der Waals surface area contributed by atoms with Crippen LogP contribution in [0.4, 0.5) is 13.2 Å². The first-order valence-corrected chi connectivity index (χ1v) is 5.06. The highest BCUT2D eigenvalue weighted by molar-refractivity contribution is 5.82. The van der Waals surface area contributed by atoms with E-state index in [0.29, 0.717) is 26.2 Å². The summed E-state index contributed by atoms with van der Waals surface area (Å²) in [5, 5.41) is 2.99. The molecule has 1 amide bonds. The summed E-state index contributed by atoms with van der Waals surface area (Å²) in [7, 11) is 2.52. The van der Waals surface area contributed by atoms with Crippen molar-refractivity contribution in [1.29, 1.82) is 0 Å². The fraction of sp³-hybridized carbons (Fsp3) is 0.889. The molecule has 16 heavy (non-hydrogen) atoms. The molecule has 1 aliphatic heterocycles. The molecule has 7 heteroatoms. The summed E-state index contributed by atoms with van der Waals surface area (Å²) >= 11 is 0. The maximum atomic E-state index is 12.7. The third kappa shape index (κ3) is 3.08. The smallest absolute Gasteiger partial charge is 0.338 e. The van der Waals surface area contributed by atoms with Crippen LogP contribution in [0.15, 0.2) is 0 Å². The van der Waals surface area contributed by atoms with Crippen LogP contribution in [0.2, 0.25) is 0 Å². The Kier molecular flexibility index (Phi) is 4.15. The molecule has 0 aromatic rings. The summed E-state index contributed by atoms with van der Waals surface area (Å²) in [6, 6.07) is -2.04. The van der Waals surface area contributed by atoms with Gasteiger partial charge in [-0.1, -0.05) is 0 Å². The molecule has 0 aromatic carbocycles. The van der Waals surface area contributed by atoms with Gasteiger partial charge in [-0.3, -0.25) is 9.69 Å². The van der Waals surface area contributed by atoms with Crippen LogP contribution in [-0.4, -0.2) is 68.2 Å². The van der Waals surface area contributed by atoms with Gasteiger partial charge < -0.3 is 10.2 Å². The van der Waals surface area contributed by atoms with Crippen molar-refractivity contribution in [1.82, 2.24) is 15.1 Å². The Labute approximate surface area is 92.4 Å². The van der Waals surface area contributed by atoms with Gasteiger partial charge in [-0.25, -0.2) is 0 Å². The van der Waals surface area contributed by atoms with Gasteiger partial charge >= 0.3 is 6.18 Å². The highest BCUT2D eigenvalue weighted by Crippen LogP contribution is 2.25. The van der Waals surface area contributed by atoms with Gasteiger partial charge in [-0.2, -0.15) is 13.2 Å². The zero-order valence-electron chi connectivity index (χ0n) is 9.34. The zero-order valence-corrected chi connectivity index (χ0v) is 9.34. The molecule has 1 atom stereocenters. The number of carbonyl (C=O) groups excluding carboxylic acids is 1. The van der Waals surface area contributed by atoms with Crippen LogP contribution in [0, 0.1) is 0 Å². The molecule has 0 spiro atoms. The Morgan fingerprint density at radius 2 is 1.81 bits per heavy atom. The van der Waals surface area contributed by atoms with Crippen LogP contribution in [0.25, 0.3) is 0 Å². The van der Waals surface area contributed by atoms with Gasteiger partial charge in [0.2, 0.25) is 5.91 Å². The van der Waals surface area contributed by atoms with E-state index < -0.39 is 18.1 Å². The average Bonchev–Trinajstić information content (AvgIpc) is 2.16. The highest BCUT2D eigenvalue weighted by Gasteiger charge is 2.48. The molecule has 0 aromatic heterocycles. The van der Waals surface area contributed by atoms with Crippen molar-refractivity contribution in [3.63, 3.8) is 0 Å². The summed E-state index contributed by atoms with van der Waals surface area (Å²) in [6.07, 6.45) is -4.52. The molecule has 1 fully saturated rings. The standard InChI is InChI=1S/C9H16F3N3O/c1-14(2)7(9(10,11)12)8(16)15-5-3-13-4-6-15/h7,13H,3-6H2,1-2H3/t7-/m1/s1. The van der Waals surface area contributed by atoms with Crippen LogP contribution < -0.4 is 5.32 Å². The molecule has 1 saturated heterocycles. The molecule has 0 aliphatic carbocycles. The molecule has 0 unspecified atom stereocenters. The van der Waals surface area contributed by atoms with Gasteiger partial charge in [0.15, 0.2) is 6.04 Å². The van der Waals surface area contributed by atoms with Gasteiger partial charge in [0.25, 0.3) is 0 Å². The largest absolute Gasteiger partial charge is 0.412 e. The summed E-state index contributed by atoms with van der Waals surface area (Å²) in [5.41, 5.74) is 0. The molecule has 0 bridgehead atoms. The van der Waals surface area contributed by atoms with Crippen LogP contribution in [0.1, 0.15) is 0 Å². The number of halogens is 3. The third-order valence-corrected chi connectivity index (χ3v) is 2.49. The number of alkyl halides is 3. The molecule has 0 saturated carbocycles. The van der Waals surface area contributed by atoms with E-state index in [1.807, 2.05) is 0 Å². The summed E-state index contributed by atoms with van der Waals surface area (Å²) in [5.74, 6) is -0.862. The lowest BCUT2D eigenvalue weighted by Gasteiger charge is -2.34. The monoisotopic (exact) mass is 239 g/mol. The van der Waals surface area contributed by atoms with Crippen molar-refractivity contribution in [3.8, 4) is 0 Å². The maximum absolute atomic E-state index is 12.7. The normalized spacial score (nSPS) is 20.0. The Balaban J connectivity index is 2.74. The predicted molar refractivity (Wildman–Crippen MR) is 53.0 cm³/mol. The maximum Gasteiger partial charge on any atom is 0.412 e. The van der Waals surface area contributed by atoms with Gasteiger partial charge in [-0.05, 0) is 14.1 Å². The quantitative estimate of drug-likeness (QED) is 0.731. The Hall–Kier alpha value is -0.820. The molecular weight excluding hydrogens is 223 g/mol. The number of hydrogen-bond acceptors (Lipinski definition) is 3. The zero-order chi connectivity index (χ0) is 12.3. The number of carbonyl (C=O) groups is 1. The summed E-state index contributed by atoms with van der Waals surface area (Å²) < 4.78 is 38.0. The van der Waals surface area contributed by atoms with Gasteiger partial charge in [0.1, 0.15) is 0 Å². The van der Waals surface area contributed by atoms with Crippen molar-refractivity contribution in [3.05, 3.63) is 0 Å². The molecule has 0 radical (unpaired) electrons. The number of nitrogens with zero attached hydrogens (tertiary/aromatic N) is 2. The van der Waals surface area contributed by atoms with Crippen molar-refractivity contribution in [2.45, 2.75) is 12.2 Å². The average molecular weight is 239 g/mol. The molecule has 94 valence electrons. The molecule has 1 N–H and O–H groups in total. The minimum Gasteiger partial charge on any atom is -0.338 e. The van der Waals surface area contributed by atoms with E-state index in [4.69, 9.17) is 0 Å². The molecular formula is C9H16F3N3O. The van der Waals surface area contributed by atoms with E-state index in [-0.39, 0.29) is 0 Å². The topological polar surface area (TPSA) is 35.6 Å². The van der Waals surface area contributed by atoms with E-state index >= 15 is 0 Å². The van der Waals surface area contributed by atoms with Crippen LogP contribution in [0.5, 0.6) is 0 Å². The number of amides is 1. The second kappa shape index (κ2) is 5.01. The third-order valence-electron chi connectivity index (χ3n) is 2.49. The lowest BCUT2D eigenvalue weighted by molar-refractivity contribution is -0.190. The van der Waals surface area contributed by atoms with Crippen molar-refractivity contribution in [2.24, 2.45) is 0 Å². The predicted octanol–water partition coefficient (Wildman–Crippen LogP) is -0.0893. The van der Waals surface area contributed by atoms with Crippen molar-refractivity contribution < 1.29 is 18.0 Å². The minimum atomic E-state index is -4.52. The van der Waals surface area contributed by atoms with E-state index in [2.05, 4.69) is 5.32 Å². The number of piperazine rings is 1. The molecule has 1 heterocycles. The Morgan fingerprint density at radius 1 is 1.31 bits per heavy atom. The number of hydrogen-bond donors (Lipinski definition) is 1. The van der Waals surface area contributed by atoms with E-state index in [1.54, 1.807) is 0 Å². The lowest BCUT2D eigenvalue weighted by Crippen LogP contribution is -2.57. The summed E-state index contributed by atoms with van der Waals surface area (Å²) in [6.45, 7) is 1.76. The van der Waals surface area contributed by atoms with Crippen LogP contribution in [-0.2, 0) is 4.79 Å². The van der Waals surface area contributed by atoms with E-state index in [9.17, 15) is 18.0 Å². The first-order chi connectivity index (χ1) is 7.34. The molecule has 1 rings (SSSR count). The molecule has 1 aliphatic rings. The number of rotatable bonds is 2. The Bertz CT molecular complexity index is 249. The number of nitrogens with one attached hydrogen (secondary N) is 1. The van der Waals surface area contributed by atoms with Gasteiger partial charge in [0.05, 0.1) is 0 Å². The van der Waals surface area contributed by atoms with Gasteiger partial charge in [-0.15, -0.1) is 0 Å². The highest BCUT2D eigenvalue weighted by atomic mass is 19.4. The fourth-order valence-corrected chi connectivity index (χ4v) is 1.71. The number of likely N-dealkylation sites (N-methyl/N-ethyl adjacent to an activating group) is 1. The lowest BCUT2D eigenvalue weighted by atomic mass is 10.2. The van der Waals surface area contributed by atoms with Gasteiger partial charge in [0, 0.05) is 26.2 Å². The Morgan fingerprint density at radius 3 is 2.19 bits per heavy atom. The summed E-state index contributed by atoms with van der Waals surface area (Å²) in [4.78, 5) is 13.9. The van der Waals surface area contributed by atoms with E-state index in [0.717, 1.165) is 4.90 Å². The van der Waals surface area contributed by atoms with Crippen LogP contribution in [0.3, 0.4) is 0 Å². The van der Waals surface area contributed by atoms with Crippen molar-refractivity contribution >= 4 is 5.91 Å². The minimum absolute atomic E-state index is 0.333. The van der Waals surface area contributed by atoms with E-state index in [1.165, 1.54) is 19.0 Å². The first kappa shape index (κ1) is 13.2. The first-order valence-electron chi connectivity index (χ1n) is 5.06. The molecule has 4 nitrogen and oxygen atoms in total.